The topological polar surface area (TPSA) is 38.9 Å². The van der Waals surface area contributed by atoms with Gasteiger partial charge in [0.25, 0.3) is 0 Å². The molecule has 0 aliphatic heterocycles. The van der Waals surface area contributed by atoms with Gasteiger partial charge in [-0.05, 0) is 17.7 Å². The molecule has 0 spiro atoms. The van der Waals surface area contributed by atoms with E-state index >= 15 is 0 Å². The zero-order valence-corrected chi connectivity index (χ0v) is 28.4. The minimum atomic E-state index is -2.08. The first-order chi connectivity index (χ1) is 21.0. The summed E-state index contributed by atoms with van der Waals surface area (Å²) in [4.78, 5) is 8.82. The number of rotatable bonds is 4. The molecule has 217 valence electrons. The van der Waals surface area contributed by atoms with Crippen molar-refractivity contribution in [2.45, 2.75) is 43.9 Å². The second-order valence-corrected chi connectivity index (χ2v) is 21.7. The van der Waals surface area contributed by atoms with E-state index in [9.17, 15) is 8.78 Å². The number of aromatic nitrogens is 2. The first-order valence-electron chi connectivity index (χ1n) is 15.2. The third-order valence-electron chi connectivity index (χ3n) is 6.76. The summed E-state index contributed by atoms with van der Waals surface area (Å²) in [6.07, 6.45) is 3.57. The van der Waals surface area contributed by atoms with Gasteiger partial charge in [-0.25, -0.2) is 8.78 Å². The Bertz CT molecular complexity index is 1930. The minimum absolute atomic E-state index is 0. The second-order valence-electron chi connectivity index (χ2n) is 11.1. The number of aryl methyl sites for hydroxylation is 1. The Kier molecular flexibility index (Phi) is 8.18. The van der Waals surface area contributed by atoms with E-state index in [0.29, 0.717) is 27.8 Å². The summed E-state index contributed by atoms with van der Waals surface area (Å²) >= 11 is -1.83. The summed E-state index contributed by atoms with van der Waals surface area (Å²) in [7, 11) is 0. The fourth-order valence-corrected chi connectivity index (χ4v) is 6.61. The average Bonchev–Trinajstić information content (AvgIpc) is 3.35. The standard InChI is InChI=1S/C20H14F2NO.C15H18GeN.Ir/c1-11(2)12-6-7-23-17(8-12)14-4-3-5-15-19-16(22)9-13(21)10-18(19)24-20(14)15;1-12-5-7-13(8-6-12)15-10-9-14(11-17-15)16(2,3)4;/h3,5-11H,1-2H3;5-7,9-11H,1-4H3;/q2*-1;/i11D;1D3;. The van der Waals surface area contributed by atoms with Crippen LogP contribution in [-0.4, -0.2) is 23.2 Å². The molecule has 0 aliphatic rings. The van der Waals surface area contributed by atoms with E-state index < -0.39 is 37.6 Å². The Labute approximate surface area is 267 Å². The third-order valence-corrected chi connectivity index (χ3v) is 11.0. The van der Waals surface area contributed by atoms with Gasteiger partial charge in [0.1, 0.15) is 17.2 Å². The molecule has 1 radical (unpaired) electrons. The molecule has 0 atom stereocenters. The van der Waals surface area contributed by atoms with E-state index in [2.05, 4.69) is 45.4 Å². The number of fused-ring (bicyclic) bond motifs is 3. The van der Waals surface area contributed by atoms with Gasteiger partial charge in [-0.3, -0.25) is 0 Å². The molecular weight excluding hydrogens is 767 g/mol. The number of benzene rings is 3. The van der Waals surface area contributed by atoms with E-state index in [0.717, 1.165) is 22.9 Å². The van der Waals surface area contributed by atoms with Crippen molar-refractivity contribution >= 4 is 39.6 Å². The van der Waals surface area contributed by atoms with E-state index in [1.807, 2.05) is 12.3 Å². The number of nitrogens with zero attached hydrogens (tertiary/aromatic N) is 2. The van der Waals surface area contributed by atoms with Crippen LogP contribution >= 0.6 is 0 Å². The number of furan rings is 1. The monoisotopic (exact) mass is 805 g/mol. The molecule has 7 heteroatoms. The first-order valence-corrected chi connectivity index (χ1v) is 20.5. The van der Waals surface area contributed by atoms with Crippen LogP contribution in [0.1, 0.15) is 36.4 Å². The maximum absolute atomic E-state index is 14.2. The van der Waals surface area contributed by atoms with Gasteiger partial charge in [0.2, 0.25) is 0 Å². The summed E-state index contributed by atoms with van der Waals surface area (Å²) < 4.78 is 65.0. The molecule has 6 rings (SSSR count). The van der Waals surface area contributed by atoms with Gasteiger partial charge in [-0.15, -0.1) is 18.2 Å². The predicted octanol–water partition coefficient (Wildman–Crippen LogP) is 9.25. The summed E-state index contributed by atoms with van der Waals surface area (Å²) in [5.41, 5.74) is 4.42. The molecule has 0 unspecified atom stereocenters. The summed E-state index contributed by atoms with van der Waals surface area (Å²) in [5, 5.41) is 0.780. The molecule has 0 saturated heterocycles. The van der Waals surface area contributed by atoms with Crippen molar-refractivity contribution in [3.63, 3.8) is 0 Å². The molecule has 3 aromatic heterocycles. The molecule has 3 nitrogen and oxygen atoms in total. The Morgan fingerprint density at radius 1 is 0.952 bits per heavy atom. The van der Waals surface area contributed by atoms with Gasteiger partial charge >= 0.3 is 110 Å². The second kappa shape index (κ2) is 13.0. The predicted molar refractivity (Wildman–Crippen MR) is 166 cm³/mol. The van der Waals surface area contributed by atoms with Crippen molar-refractivity contribution in [3.8, 4) is 22.5 Å². The Balaban J connectivity index is 0.000000210. The zero-order valence-electron chi connectivity index (χ0n) is 27.9. The third kappa shape index (κ3) is 6.88. The van der Waals surface area contributed by atoms with Crippen molar-refractivity contribution in [2.24, 2.45) is 0 Å². The van der Waals surface area contributed by atoms with Gasteiger partial charge in [0.05, 0.1) is 5.58 Å². The van der Waals surface area contributed by atoms with Gasteiger partial charge in [0.15, 0.2) is 0 Å². The molecular formula is C35H32F2GeIrN2O-2. The van der Waals surface area contributed by atoms with Crippen LogP contribution in [0.2, 0.25) is 17.3 Å². The summed E-state index contributed by atoms with van der Waals surface area (Å²) in [6.45, 7) is 1.50. The fourth-order valence-electron chi connectivity index (χ4n) is 4.44. The molecule has 3 heterocycles. The Morgan fingerprint density at radius 3 is 2.40 bits per heavy atom. The summed E-state index contributed by atoms with van der Waals surface area (Å²) in [6, 6.07) is 24.0. The largest absolute Gasteiger partial charge is 0 e. The average molecular weight is 804 g/mol. The number of hydrogen-bond donors (Lipinski definition) is 0. The van der Waals surface area contributed by atoms with Crippen molar-refractivity contribution in [2.75, 3.05) is 0 Å². The molecule has 0 fully saturated rings. The fraction of sp³-hybridized carbons (Fsp3) is 0.200. The van der Waals surface area contributed by atoms with Gasteiger partial charge in [-0.2, -0.15) is 0 Å². The maximum Gasteiger partial charge on any atom is 0 e. The first kappa shape index (κ1) is 26.4. The molecule has 42 heavy (non-hydrogen) atoms. The van der Waals surface area contributed by atoms with Crippen LogP contribution in [0.3, 0.4) is 0 Å². The van der Waals surface area contributed by atoms with Crippen LogP contribution in [0.5, 0.6) is 0 Å². The Hall–Kier alpha value is -3.19. The number of pyridine rings is 2. The Morgan fingerprint density at radius 2 is 1.76 bits per heavy atom. The van der Waals surface area contributed by atoms with Crippen LogP contribution < -0.4 is 4.40 Å². The van der Waals surface area contributed by atoms with Gasteiger partial charge < -0.3 is 9.40 Å². The van der Waals surface area contributed by atoms with Crippen molar-refractivity contribution in [3.05, 3.63) is 114 Å². The van der Waals surface area contributed by atoms with Gasteiger partial charge in [0, 0.05) is 45.2 Å². The van der Waals surface area contributed by atoms with Crippen molar-refractivity contribution < 1.29 is 38.8 Å². The van der Waals surface area contributed by atoms with Crippen molar-refractivity contribution in [1.29, 1.82) is 0 Å². The maximum atomic E-state index is 14.2. The quantitative estimate of drug-likeness (QED) is 0.132. The van der Waals surface area contributed by atoms with Crippen molar-refractivity contribution in [1.82, 2.24) is 9.97 Å². The van der Waals surface area contributed by atoms with Crippen LogP contribution in [0.25, 0.3) is 44.5 Å². The van der Waals surface area contributed by atoms with Gasteiger partial charge in [-0.1, -0.05) is 36.4 Å². The molecule has 0 bridgehead atoms. The molecule has 0 amide bonds. The van der Waals surface area contributed by atoms with Crippen LogP contribution in [0.4, 0.5) is 8.78 Å². The van der Waals surface area contributed by atoms with Crippen LogP contribution in [0.15, 0.2) is 83.5 Å². The zero-order chi connectivity index (χ0) is 32.7. The number of halogens is 2. The van der Waals surface area contributed by atoms with E-state index in [-0.39, 0.29) is 31.1 Å². The normalized spacial score (nSPS) is 13.3. The van der Waals surface area contributed by atoms with Crippen LogP contribution in [-0.2, 0) is 20.1 Å². The molecule has 0 saturated carbocycles. The van der Waals surface area contributed by atoms with E-state index in [4.69, 9.17) is 9.90 Å². The number of hydrogen-bond acceptors (Lipinski definition) is 3. The molecule has 6 aromatic rings. The summed E-state index contributed by atoms with van der Waals surface area (Å²) in [5.74, 6) is 4.84. The van der Waals surface area contributed by atoms with E-state index in [1.165, 1.54) is 16.5 Å². The molecule has 0 N–H and O–H groups in total. The SMILES string of the molecule is [2H]C(C)(C)c1ccnc(-c2[c-]ccc3c2oc2cc(F)cc(F)c23)c1.[2H]C([2H])([2H])c1c[c-]c(-c2cc[c]([Ge]([CH3])([CH3])[CH3])cn2)cc1.[Ir]. The van der Waals surface area contributed by atoms with Crippen LogP contribution in [0, 0.1) is 30.6 Å². The molecule has 0 aliphatic carbocycles. The minimum Gasteiger partial charge on any atom is 0 e. The smallest absolute Gasteiger partial charge is 0 e. The van der Waals surface area contributed by atoms with E-state index in [1.54, 1.807) is 56.4 Å². The molecule has 3 aromatic carbocycles.